The van der Waals surface area contributed by atoms with Crippen LogP contribution in [0.25, 0.3) is 0 Å². The van der Waals surface area contributed by atoms with Gasteiger partial charge in [-0.3, -0.25) is 0 Å². The van der Waals surface area contributed by atoms with E-state index in [1.54, 1.807) is 11.8 Å². The van der Waals surface area contributed by atoms with Crippen molar-refractivity contribution >= 4 is 22.2 Å². The summed E-state index contributed by atoms with van der Waals surface area (Å²) in [5.74, 6) is 0.217. The Morgan fingerprint density at radius 3 is 1.92 bits per heavy atom. The first kappa shape index (κ1) is 28.1. The van der Waals surface area contributed by atoms with E-state index in [9.17, 15) is 18.0 Å². The molecule has 1 aliphatic heterocycles. The van der Waals surface area contributed by atoms with Gasteiger partial charge in [-0.2, -0.15) is 0 Å². The van der Waals surface area contributed by atoms with Crippen molar-refractivity contribution in [2.75, 3.05) is 26.7 Å². The van der Waals surface area contributed by atoms with Crippen LogP contribution >= 0.6 is 0 Å². The summed E-state index contributed by atoms with van der Waals surface area (Å²) < 4.78 is 37.3. The van der Waals surface area contributed by atoms with Crippen LogP contribution < -0.4 is 14.8 Å². The Balaban J connectivity index is 1.52. The van der Waals surface area contributed by atoms with E-state index in [0.29, 0.717) is 25.9 Å². The summed E-state index contributed by atoms with van der Waals surface area (Å²) in [6, 6.07) is 25.3. The van der Waals surface area contributed by atoms with Crippen LogP contribution in [0.5, 0.6) is 5.75 Å². The third-order valence-electron chi connectivity index (χ3n) is 6.98. The average molecular weight is 552 g/mol. The predicted molar refractivity (Wildman–Crippen MR) is 147 cm³/mol. The molecule has 2 N–H and O–H groups in total. The Labute approximate surface area is 229 Å². The van der Waals surface area contributed by atoms with Gasteiger partial charge in [-0.15, -0.1) is 0 Å². The van der Waals surface area contributed by atoms with Gasteiger partial charge in [0.15, 0.2) is 0 Å². The molecule has 0 atom stereocenters. The smallest absolute Gasteiger partial charge is 0.415 e. The molecule has 0 radical (unpaired) electrons. The van der Waals surface area contributed by atoms with Gasteiger partial charge in [0, 0.05) is 19.6 Å². The lowest BCUT2D eigenvalue weighted by atomic mass is 9.69. The number of rotatable bonds is 8. The summed E-state index contributed by atoms with van der Waals surface area (Å²) in [5, 5.41) is 3.14. The highest BCUT2D eigenvalue weighted by atomic mass is 32.2. The molecule has 0 aromatic heterocycles. The van der Waals surface area contributed by atoms with E-state index < -0.39 is 27.7 Å². The van der Waals surface area contributed by atoms with Crippen LogP contribution in [0.2, 0.25) is 0 Å². The van der Waals surface area contributed by atoms with Crippen molar-refractivity contribution in [1.82, 2.24) is 14.9 Å². The third-order valence-corrected chi connectivity index (χ3v) is 8.54. The number of ether oxygens (including phenoxy) is 2. The van der Waals surface area contributed by atoms with Crippen molar-refractivity contribution in [3.63, 3.8) is 0 Å². The van der Waals surface area contributed by atoms with Gasteiger partial charge in [0.1, 0.15) is 5.75 Å². The highest BCUT2D eigenvalue weighted by Crippen LogP contribution is 2.42. The summed E-state index contributed by atoms with van der Waals surface area (Å²) in [5.41, 5.74) is 0.991. The minimum absolute atomic E-state index is 0.0407. The number of nitrogens with one attached hydrogen (secondary N) is 2. The number of piperidine rings is 1. The van der Waals surface area contributed by atoms with E-state index in [-0.39, 0.29) is 23.1 Å². The summed E-state index contributed by atoms with van der Waals surface area (Å²) in [6.07, 6.45) is 0.150. The van der Waals surface area contributed by atoms with E-state index >= 15 is 0 Å². The molecule has 0 aliphatic carbocycles. The molecule has 1 heterocycles. The fourth-order valence-corrected chi connectivity index (χ4v) is 6.16. The maximum Gasteiger partial charge on any atom is 0.415 e. The molecule has 9 nitrogen and oxygen atoms in total. The zero-order valence-corrected chi connectivity index (χ0v) is 22.8. The Morgan fingerprint density at radius 1 is 0.897 bits per heavy atom. The fourth-order valence-electron chi connectivity index (χ4n) is 5.12. The van der Waals surface area contributed by atoms with Gasteiger partial charge in [-0.25, -0.2) is 22.7 Å². The van der Waals surface area contributed by atoms with E-state index in [1.807, 2.05) is 60.7 Å². The van der Waals surface area contributed by atoms with Crippen LogP contribution in [0.4, 0.5) is 9.59 Å². The summed E-state index contributed by atoms with van der Waals surface area (Å²) >= 11 is 0. The Hall–Kier alpha value is -3.89. The first-order valence-corrected chi connectivity index (χ1v) is 14.3. The van der Waals surface area contributed by atoms with Crippen molar-refractivity contribution in [2.24, 2.45) is 5.92 Å². The Morgan fingerprint density at radius 2 is 1.44 bits per heavy atom. The predicted octanol–water partition coefficient (Wildman–Crippen LogP) is 4.50. The number of amides is 2. The average Bonchev–Trinajstić information content (AvgIpc) is 2.97. The summed E-state index contributed by atoms with van der Waals surface area (Å²) in [4.78, 5) is 27.3. The lowest BCUT2D eigenvalue weighted by Gasteiger charge is -2.45. The van der Waals surface area contributed by atoms with Gasteiger partial charge >= 0.3 is 12.2 Å². The van der Waals surface area contributed by atoms with Crippen LogP contribution in [-0.2, 0) is 20.3 Å². The minimum atomic E-state index is -3.59. The van der Waals surface area contributed by atoms with Gasteiger partial charge in [0.25, 0.3) is 0 Å². The summed E-state index contributed by atoms with van der Waals surface area (Å²) in [7, 11) is -2.25. The molecule has 3 aromatic rings. The molecule has 1 aliphatic rings. The van der Waals surface area contributed by atoms with Crippen molar-refractivity contribution in [1.29, 1.82) is 0 Å². The molecule has 39 heavy (non-hydrogen) atoms. The van der Waals surface area contributed by atoms with Crippen LogP contribution in [0.3, 0.4) is 0 Å². The SMILES string of the molecule is CCNS(=O)(=O)c1ccc(OC(=O)N2CCC(C(NC(=O)OC)(c3ccccc3)c3ccccc3)CC2)cc1. The number of nitrogens with zero attached hydrogens (tertiary/aromatic N) is 1. The molecule has 0 unspecified atom stereocenters. The number of carbonyl (C=O) groups is 2. The number of likely N-dealkylation sites (tertiary alicyclic amines) is 1. The maximum atomic E-state index is 13.0. The monoisotopic (exact) mass is 551 g/mol. The Kier molecular flexibility index (Phi) is 8.88. The number of sulfonamides is 1. The van der Waals surface area contributed by atoms with Crippen molar-refractivity contribution in [3.05, 3.63) is 96.1 Å². The zero-order chi connectivity index (χ0) is 27.9. The first-order valence-electron chi connectivity index (χ1n) is 12.8. The van der Waals surface area contributed by atoms with Crippen molar-refractivity contribution < 1.29 is 27.5 Å². The quantitative estimate of drug-likeness (QED) is 0.426. The highest BCUT2D eigenvalue weighted by Gasteiger charge is 2.45. The fraction of sp³-hybridized carbons (Fsp3) is 0.310. The standard InChI is InChI=1S/C29H33N3O6S/c1-3-30-39(35,36)26-16-14-25(15-17-26)38-28(34)32-20-18-24(19-21-32)29(31-27(33)37-2,22-10-6-4-7-11-22)23-12-8-5-9-13-23/h4-17,24,30H,3,18-21H2,1-2H3,(H,31,33). The molecular formula is C29H33N3O6S. The van der Waals surface area contributed by atoms with E-state index in [2.05, 4.69) is 10.0 Å². The molecule has 10 heteroatoms. The van der Waals surface area contributed by atoms with Gasteiger partial charge in [-0.1, -0.05) is 67.6 Å². The molecule has 0 saturated carbocycles. The molecule has 206 valence electrons. The molecule has 3 aromatic carbocycles. The number of benzene rings is 3. The number of alkyl carbamates (subject to hydrolysis) is 1. The maximum absolute atomic E-state index is 13.0. The first-order chi connectivity index (χ1) is 18.8. The second-order valence-corrected chi connectivity index (χ2v) is 11.0. The van der Waals surface area contributed by atoms with Crippen molar-refractivity contribution in [3.8, 4) is 5.75 Å². The second-order valence-electron chi connectivity index (χ2n) is 9.26. The van der Waals surface area contributed by atoms with Gasteiger partial charge in [0.05, 0.1) is 17.5 Å². The van der Waals surface area contributed by atoms with E-state index in [4.69, 9.17) is 9.47 Å². The van der Waals surface area contributed by atoms with Crippen LogP contribution in [0, 0.1) is 5.92 Å². The van der Waals surface area contributed by atoms with Gasteiger partial charge < -0.3 is 19.7 Å². The number of hydrogen-bond donors (Lipinski definition) is 2. The Bertz CT molecular complexity index is 1320. The van der Waals surface area contributed by atoms with Gasteiger partial charge in [0.2, 0.25) is 10.0 Å². The number of carbonyl (C=O) groups excluding carboxylic acids is 2. The molecule has 1 saturated heterocycles. The minimum Gasteiger partial charge on any atom is -0.453 e. The third kappa shape index (κ3) is 6.23. The van der Waals surface area contributed by atoms with E-state index in [0.717, 1.165) is 11.1 Å². The molecule has 0 bridgehead atoms. The zero-order valence-electron chi connectivity index (χ0n) is 22.0. The number of hydrogen-bond acceptors (Lipinski definition) is 6. The largest absolute Gasteiger partial charge is 0.453 e. The number of methoxy groups -OCH3 is 1. The topological polar surface area (TPSA) is 114 Å². The lowest BCUT2D eigenvalue weighted by molar-refractivity contribution is 0.101. The molecule has 0 spiro atoms. The van der Waals surface area contributed by atoms with Crippen molar-refractivity contribution in [2.45, 2.75) is 30.2 Å². The van der Waals surface area contributed by atoms with Crippen LogP contribution in [0.1, 0.15) is 30.9 Å². The normalized spacial score (nSPS) is 14.5. The summed E-state index contributed by atoms with van der Waals surface area (Å²) in [6.45, 7) is 2.81. The highest BCUT2D eigenvalue weighted by molar-refractivity contribution is 7.89. The van der Waals surface area contributed by atoms with Crippen LogP contribution in [-0.4, -0.2) is 52.2 Å². The molecule has 1 fully saturated rings. The van der Waals surface area contributed by atoms with Crippen LogP contribution in [0.15, 0.2) is 89.8 Å². The lowest BCUT2D eigenvalue weighted by Crippen LogP contribution is -2.55. The molecular weight excluding hydrogens is 518 g/mol. The molecule has 4 rings (SSSR count). The molecule has 2 amide bonds. The second kappa shape index (κ2) is 12.3. The van der Waals surface area contributed by atoms with E-state index in [1.165, 1.54) is 31.4 Å². The van der Waals surface area contributed by atoms with Gasteiger partial charge in [-0.05, 0) is 54.2 Å².